The van der Waals surface area contributed by atoms with Crippen LogP contribution in [0.5, 0.6) is 0 Å². The van der Waals surface area contributed by atoms with E-state index in [1.807, 2.05) is 12.2 Å². The molecule has 0 saturated carbocycles. The summed E-state index contributed by atoms with van der Waals surface area (Å²) in [6, 6.07) is 0. The molecule has 30 heavy (non-hydrogen) atoms. The van der Waals surface area contributed by atoms with Crippen LogP contribution in [0, 0.1) is 9.81 Å². The summed E-state index contributed by atoms with van der Waals surface area (Å²) in [5, 5.41) is 0. The molecule has 8 nitrogen and oxygen atoms in total. The summed E-state index contributed by atoms with van der Waals surface area (Å²) >= 11 is 0. The van der Waals surface area contributed by atoms with Gasteiger partial charge < -0.3 is 0 Å². The van der Waals surface area contributed by atoms with Crippen molar-refractivity contribution >= 4 is 11.8 Å². The van der Waals surface area contributed by atoms with Crippen LogP contribution >= 0.6 is 0 Å². The van der Waals surface area contributed by atoms with E-state index in [0.717, 1.165) is 36.8 Å². The fraction of sp³-hybridized carbons (Fsp3) is 0.364. The van der Waals surface area contributed by atoms with Crippen molar-refractivity contribution in [2.75, 3.05) is 0 Å². The predicted molar refractivity (Wildman–Crippen MR) is 105 cm³/mol. The highest BCUT2D eigenvalue weighted by atomic mass is 16.8. The molecular weight excluding hydrogens is 388 g/mol. The number of allylic oxidation sites excluding steroid dienone is 8. The van der Waals surface area contributed by atoms with Crippen LogP contribution in [0.3, 0.4) is 0 Å². The molecule has 0 bridgehead atoms. The maximum absolute atomic E-state index is 12.2. The molecule has 0 saturated heterocycles. The minimum absolute atomic E-state index is 0.0485. The molecule has 4 aliphatic rings. The molecule has 0 aromatic rings. The summed E-state index contributed by atoms with van der Waals surface area (Å²) < 4.78 is 0. The van der Waals surface area contributed by atoms with Gasteiger partial charge in [0.2, 0.25) is 11.5 Å². The van der Waals surface area contributed by atoms with Gasteiger partial charge in [0.25, 0.3) is 0 Å². The zero-order chi connectivity index (χ0) is 21.1. The van der Waals surface area contributed by atoms with Crippen molar-refractivity contribution in [1.82, 2.24) is 0 Å². The largest absolute Gasteiger partial charge is 0.519 e. The van der Waals surface area contributed by atoms with Crippen molar-refractivity contribution in [3.05, 3.63) is 80.1 Å². The topological polar surface area (TPSA) is 92.8 Å². The van der Waals surface area contributed by atoms with Crippen LogP contribution in [0.2, 0.25) is 0 Å². The SMILES string of the molecule is O=C1C(CCCCCCC2=C3CC=CC=C3O[N+](=O)C2=O)=C2CC=CC=C2O[N+]1=O. The number of hydrogen-bond donors (Lipinski definition) is 0. The van der Waals surface area contributed by atoms with Gasteiger partial charge in [-0.25, -0.2) is 9.59 Å². The molecule has 4 rings (SSSR count). The van der Waals surface area contributed by atoms with E-state index in [4.69, 9.17) is 9.68 Å². The van der Waals surface area contributed by atoms with E-state index in [1.54, 1.807) is 24.3 Å². The highest BCUT2D eigenvalue weighted by molar-refractivity contribution is 5.89. The molecule has 0 fully saturated rings. The fourth-order valence-corrected chi connectivity index (χ4v) is 4.01. The van der Waals surface area contributed by atoms with E-state index in [2.05, 4.69) is 0 Å². The minimum Gasteiger partial charge on any atom is -0.204 e. The first-order valence-corrected chi connectivity index (χ1v) is 10.1. The third kappa shape index (κ3) is 3.85. The van der Waals surface area contributed by atoms with E-state index < -0.39 is 11.8 Å². The Morgan fingerprint density at radius 1 is 0.700 bits per heavy atom. The number of unbranched alkanes of at least 4 members (excludes halogenated alkanes) is 3. The molecule has 8 heteroatoms. The molecule has 2 heterocycles. The molecule has 2 aliphatic carbocycles. The summed E-state index contributed by atoms with van der Waals surface area (Å²) in [4.78, 5) is 57.9. The quantitative estimate of drug-likeness (QED) is 0.587. The Bertz CT molecular complexity index is 940. The second kappa shape index (κ2) is 8.52. The Labute approximate surface area is 173 Å². The Kier molecular flexibility index (Phi) is 5.65. The minimum atomic E-state index is -0.627. The number of fused-ring (bicyclic) bond motifs is 2. The number of carbonyl (C=O) groups excluding carboxylic acids is 2. The van der Waals surface area contributed by atoms with Crippen LogP contribution in [0.25, 0.3) is 0 Å². The standard InChI is InChI=1S/C22H22N2O6/c25-21-17(15-9-5-7-13-19(15)29-23(21)27)11-3-1-2-4-12-18-16-10-6-8-14-20(16)30-24(28)22(18)26/h5-8,13-14H,1-4,9-12H2/q+2. The molecule has 0 unspecified atom stereocenters. The molecule has 0 atom stereocenters. The van der Waals surface area contributed by atoms with Crippen molar-refractivity contribution in [3.63, 3.8) is 0 Å². The van der Waals surface area contributed by atoms with Gasteiger partial charge in [-0.05, 0) is 50.7 Å². The molecular formula is C22H22N2O6+2. The van der Waals surface area contributed by atoms with Gasteiger partial charge in [-0.15, -0.1) is 0 Å². The molecule has 0 aromatic carbocycles. The average molecular weight is 410 g/mol. The van der Waals surface area contributed by atoms with Crippen molar-refractivity contribution in [3.8, 4) is 0 Å². The van der Waals surface area contributed by atoms with E-state index >= 15 is 0 Å². The smallest absolute Gasteiger partial charge is 0.204 e. The van der Waals surface area contributed by atoms with Crippen LogP contribution in [0.4, 0.5) is 0 Å². The number of rotatable bonds is 7. The summed E-state index contributed by atoms with van der Waals surface area (Å²) in [6.07, 6.45) is 16.2. The lowest BCUT2D eigenvalue weighted by molar-refractivity contribution is -0.721. The third-order valence-corrected chi connectivity index (χ3v) is 5.55. The van der Waals surface area contributed by atoms with Crippen molar-refractivity contribution in [2.45, 2.75) is 51.4 Å². The fourth-order valence-electron chi connectivity index (χ4n) is 4.01. The van der Waals surface area contributed by atoms with E-state index in [9.17, 15) is 19.4 Å². The molecule has 0 radical (unpaired) electrons. The molecule has 2 amide bonds. The number of amides is 2. The second-order valence-electron chi connectivity index (χ2n) is 7.46. The zero-order valence-electron chi connectivity index (χ0n) is 16.5. The van der Waals surface area contributed by atoms with Gasteiger partial charge in [-0.1, -0.05) is 37.1 Å². The van der Waals surface area contributed by atoms with Gasteiger partial charge in [0.15, 0.2) is 0 Å². The summed E-state index contributed by atoms with van der Waals surface area (Å²) in [7, 11) is 0. The zero-order valence-corrected chi connectivity index (χ0v) is 16.5. The number of hydrogen-bond acceptors (Lipinski definition) is 6. The first-order valence-electron chi connectivity index (χ1n) is 10.1. The first kappa shape index (κ1) is 19.9. The molecule has 0 spiro atoms. The van der Waals surface area contributed by atoms with Crippen LogP contribution in [0.1, 0.15) is 51.4 Å². The lowest BCUT2D eigenvalue weighted by atomic mass is 9.92. The first-order chi connectivity index (χ1) is 14.6. The Morgan fingerprint density at radius 3 is 1.57 bits per heavy atom. The van der Waals surface area contributed by atoms with Crippen molar-refractivity contribution in [2.24, 2.45) is 0 Å². The van der Waals surface area contributed by atoms with Crippen LogP contribution in [-0.4, -0.2) is 21.7 Å². The summed E-state index contributed by atoms with van der Waals surface area (Å²) in [5.41, 5.74) is 2.61. The molecule has 2 aliphatic heterocycles. The molecule has 0 N–H and O–H groups in total. The van der Waals surface area contributed by atoms with Gasteiger partial charge in [0.1, 0.15) is 0 Å². The lowest BCUT2D eigenvalue weighted by Crippen LogP contribution is -2.28. The monoisotopic (exact) mass is 410 g/mol. The molecule has 0 aromatic heterocycles. The van der Waals surface area contributed by atoms with Crippen LogP contribution in [0.15, 0.2) is 70.3 Å². The Hall–Kier alpha value is -3.42. The highest BCUT2D eigenvalue weighted by Gasteiger charge is 2.42. The normalized spacial score (nSPS) is 20.5. The van der Waals surface area contributed by atoms with Gasteiger partial charge >= 0.3 is 21.7 Å². The van der Waals surface area contributed by atoms with Gasteiger partial charge in [0.05, 0.1) is 21.0 Å². The van der Waals surface area contributed by atoms with Crippen LogP contribution < -0.4 is 0 Å². The maximum Gasteiger partial charge on any atom is 0.519 e. The van der Waals surface area contributed by atoms with E-state index in [1.165, 1.54) is 0 Å². The van der Waals surface area contributed by atoms with Crippen molar-refractivity contribution < 1.29 is 29.1 Å². The second-order valence-corrected chi connectivity index (χ2v) is 7.46. The lowest BCUT2D eigenvalue weighted by Gasteiger charge is -2.16. The average Bonchev–Trinajstić information content (AvgIpc) is 2.75. The maximum atomic E-state index is 12.2. The highest BCUT2D eigenvalue weighted by Crippen LogP contribution is 2.33. The predicted octanol–water partition coefficient (Wildman–Crippen LogP) is 4.11. The van der Waals surface area contributed by atoms with Gasteiger partial charge in [0, 0.05) is 11.1 Å². The number of carbonyl (C=O) groups is 2. The van der Waals surface area contributed by atoms with Gasteiger partial charge in [-0.2, -0.15) is 9.68 Å². The number of nitrogens with zero attached hydrogens (tertiary/aromatic N) is 2. The van der Waals surface area contributed by atoms with Crippen molar-refractivity contribution in [1.29, 1.82) is 0 Å². The molecule has 154 valence electrons. The summed E-state index contributed by atoms with van der Waals surface area (Å²) in [5.74, 6) is -0.364. The van der Waals surface area contributed by atoms with E-state index in [-0.39, 0.29) is 9.85 Å². The Balaban J connectivity index is 1.31. The Morgan fingerprint density at radius 2 is 1.13 bits per heavy atom. The van der Waals surface area contributed by atoms with Crippen LogP contribution in [-0.2, 0) is 19.3 Å². The third-order valence-electron chi connectivity index (χ3n) is 5.55. The van der Waals surface area contributed by atoms with E-state index in [0.29, 0.717) is 48.3 Å². The summed E-state index contributed by atoms with van der Waals surface area (Å²) in [6.45, 7) is 0. The van der Waals surface area contributed by atoms with Gasteiger partial charge in [-0.3, -0.25) is 0 Å².